The van der Waals surface area contributed by atoms with Crippen molar-refractivity contribution in [1.29, 1.82) is 0 Å². The second-order valence-corrected chi connectivity index (χ2v) is 6.49. The van der Waals surface area contributed by atoms with Gasteiger partial charge < -0.3 is 5.32 Å². The van der Waals surface area contributed by atoms with E-state index in [2.05, 4.69) is 28.2 Å². The Bertz CT molecular complexity index is 327. The van der Waals surface area contributed by atoms with Crippen molar-refractivity contribution in [2.75, 3.05) is 6.54 Å². The average molecular weight is 290 g/mol. The molecular weight excluding hydrogens is 274 g/mol. The van der Waals surface area contributed by atoms with E-state index in [-0.39, 0.29) is 5.91 Å². The van der Waals surface area contributed by atoms with Gasteiger partial charge in [0.25, 0.3) is 5.91 Å². The highest BCUT2D eigenvalue weighted by atomic mass is 79.9. The fourth-order valence-corrected chi connectivity index (χ4v) is 2.34. The number of aryl methyl sites for hydroxylation is 2. The quantitative estimate of drug-likeness (QED) is 0.847. The molecule has 0 aliphatic heterocycles. The zero-order valence-electron chi connectivity index (χ0n) is 9.26. The summed E-state index contributed by atoms with van der Waals surface area (Å²) in [4.78, 5) is 14.2. The van der Waals surface area contributed by atoms with E-state index in [0.29, 0.717) is 4.83 Å². The maximum Gasteiger partial charge on any atom is 0.261 e. The topological polar surface area (TPSA) is 29.1 Å². The van der Waals surface area contributed by atoms with Crippen LogP contribution in [0.15, 0.2) is 6.07 Å². The van der Waals surface area contributed by atoms with Crippen LogP contribution in [0.2, 0.25) is 0 Å². The van der Waals surface area contributed by atoms with Crippen molar-refractivity contribution in [2.45, 2.75) is 32.0 Å². The lowest BCUT2D eigenvalue weighted by Gasteiger charge is -2.04. The normalized spacial score (nSPS) is 12.5. The van der Waals surface area contributed by atoms with Crippen LogP contribution < -0.4 is 5.32 Å². The van der Waals surface area contributed by atoms with Crippen molar-refractivity contribution in [1.82, 2.24) is 5.32 Å². The first-order chi connectivity index (χ1) is 7.00. The van der Waals surface area contributed by atoms with Gasteiger partial charge in [-0.1, -0.05) is 22.9 Å². The third-order valence-corrected chi connectivity index (χ3v) is 3.83. The van der Waals surface area contributed by atoms with Crippen molar-refractivity contribution in [2.24, 2.45) is 0 Å². The van der Waals surface area contributed by atoms with Crippen LogP contribution in [0.3, 0.4) is 0 Å². The molecular formula is C11H16BrNOS. The third-order valence-electron chi connectivity index (χ3n) is 2.22. The van der Waals surface area contributed by atoms with E-state index < -0.39 is 0 Å². The van der Waals surface area contributed by atoms with Gasteiger partial charge >= 0.3 is 0 Å². The summed E-state index contributed by atoms with van der Waals surface area (Å²) in [6.45, 7) is 6.87. The molecule has 0 aromatic carbocycles. The molecule has 4 heteroatoms. The number of carbonyl (C=O) groups excluding carboxylic acids is 1. The van der Waals surface area contributed by atoms with Gasteiger partial charge in [-0.25, -0.2) is 0 Å². The zero-order valence-corrected chi connectivity index (χ0v) is 11.7. The first-order valence-corrected chi connectivity index (χ1v) is 6.73. The summed E-state index contributed by atoms with van der Waals surface area (Å²) in [6, 6.07) is 1.95. The highest BCUT2D eigenvalue weighted by Gasteiger charge is 2.09. The zero-order chi connectivity index (χ0) is 11.4. The molecule has 0 fully saturated rings. The lowest BCUT2D eigenvalue weighted by Crippen LogP contribution is -2.24. The van der Waals surface area contributed by atoms with Crippen LogP contribution in [-0.2, 0) is 0 Å². The molecule has 0 spiro atoms. The first-order valence-electron chi connectivity index (χ1n) is 5.00. The van der Waals surface area contributed by atoms with Crippen LogP contribution in [0.25, 0.3) is 0 Å². The van der Waals surface area contributed by atoms with Gasteiger partial charge in [0.2, 0.25) is 0 Å². The molecule has 1 amide bonds. The SMILES string of the molecule is Cc1cc(C(=O)NCCC(C)Br)sc1C. The molecule has 1 atom stereocenters. The Morgan fingerprint density at radius 3 is 2.73 bits per heavy atom. The van der Waals surface area contributed by atoms with Crippen LogP contribution in [0.1, 0.15) is 33.5 Å². The van der Waals surface area contributed by atoms with E-state index in [1.807, 2.05) is 19.9 Å². The van der Waals surface area contributed by atoms with Crippen molar-refractivity contribution >= 4 is 33.2 Å². The molecule has 1 aromatic rings. The van der Waals surface area contributed by atoms with Crippen LogP contribution >= 0.6 is 27.3 Å². The number of nitrogens with one attached hydrogen (secondary N) is 1. The van der Waals surface area contributed by atoms with Gasteiger partial charge in [-0.15, -0.1) is 11.3 Å². The monoisotopic (exact) mass is 289 g/mol. The first kappa shape index (κ1) is 12.7. The van der Waals surface area contributed by atoms with E-state index >= 15 is 0 Å². The molecule has 0 bridgehead atoms. The van der Waals surface area contributed by atoms with Gasteiger partial charge in [-0.3, -0.25) is 4.79 Å². The Morgan fingerprint density at radius 1 is 1.60 bits per heavy atom. The molecule has 1 heterocycles. The number of hydrogen-bond acceptors (Lipinski definition) is 2. The van der Waals surface area contributed by atoms with Gasteiger partial charge in [0.15, 0.2) is 0 Å². The number of halogens is 1. The van der Waals surface area contributed by atoms with E-state index in [4.69, 9.17) is 0 Å². The van der Waals surface area contributed by atoms with E-state index in [1.54, 1.807) is 11.3 Å². The number of carbonyl (C=O) groups is 1. The smallest absolute Gasteiger partial charge is 0.261 e. The summed E-state index contributed by atoms with van der Waals surface area (Å²) in [6.07, 6.45) is 0.953. The minimum Gasteiger partial charge on any atom is -0.351 e. The average Bonchev–Trinajstić information content (AvgIpc) is 2.46. The Morgan fingerprint density at radius 2 is 2.27 bits per heavy atom. The minimum atomic E-state index is 0.0457. The fourth-order valence-electron chi connectivity index (χ4n) is 1.16. The van der Waals surface area contributed by atoms with E-state index in [1.165, 1.54) is 10.4 Å². The van der Waals surface area contributed by atoms with E-state index in [9.17, 15) is 4.79 Å². The van der Waals surface area contributed by atoms with Gasteiger partial charge in [0, 0.05) is 16.2 Å². The lowest BCUT2D eigenvalue weighted by atomic mass is 10.3. The Balaban J connectivity index is 2.47. The maximum atomic E-state index is 11.7. The molecule has 0 saturated carbocycles. The summed E-state index contributed by atoms with van der Waals surface area (Å²) in [5.74, 6) is 0.0457. The van der Waals surface area contributed by atoms with Gasteiger partial charge in [0.1, 0.15) is 0 Å². The molecule has 0 aliphatic carbocycles. The Labute approximate surface area is 103 Å². The van der Waals surface area contributed by atoms with E-state index in [0.717, 1.165) is 17.8 Å². The number of thiophene rings is 1. The predicted molar refractivity (Wildman–Crippen MR) is 69.1 cm³/mol. The molecule has 84 valence electrons. The summed E-state index contributed by atoms with van der Waals surface area (Å²) >= 11 is 5.01. The number of hydrogen-bond donors (Lipinski definition) is 1. The predicted octanol–water partition coefficient (Wildman–Crippen LogP) is 3.27. The van der Waals surface area contributed by atoms with Crippen LogP contribution in [0.5, 0.6) is 0 Å². The van der Waals surface area contributed by atoms with Crippen molar-refractivity contribution in [3.05, 3.63) is 21.4 Å². The maximum absolute atomic E-state index is 11.7. The molecule has 2 nitrogen and oxygen atoms in total. The second kappa shape index (κ2) is 5.66. The van der Waals surface area contributed by atoms with Gasteiger partial charge in [0.05, 0.1) is 4.88 Å². The molecule has 15 heavy (non-hydrogen) atoms. The summed E-state index contributed by atoms with van der Waals surface area (Å²) in [5, 5.41) is 2.91. The van der Waals surface area contributed by atoms with Crippen LogP contribution in [-0.4, -0.2) is 17.3 Å². The number of alkyl halides is 1. The highest BCUT2D eigenvalue weighted by Crippen LogP contribution is 2.20. The highest BCUT2D eigenvalue weighted by molar-refractivity contribution is 9.09. The Kier molecular flexibility index (Phi) is 4.80. The molecule has 1 rings (SSSR count). The molecule has 0 aliphatic rings. The molecule has 1 unspecified atom stereocenters. The van der Waals surface area contributed by atoms with Crippen molar-refractivity contribution in [3.8, 4) is 0 Å². The Hall–Kier alpha value is -0.350. The third kappa shape index (κ3) is 3.95. The minimum absolute atomic E-state index is 0.0457. The van der Waals surface area contributed by atoms with Gasteiger partial charge in [-0.05, 0) is 31.9 Å². The van der Waals surface area contributed by atoms with Crippen molar-refractivity contribution in [3.63, 3.8) is 0 Å². The fraction of sp³-hybridized carbons (Fsp3) is 0.545. The molecule has 0 saturated heterocycles. The largest absolute Gasteiger partial charge is 0.351 e. The lowest BCUT2D eigenvalue weighted by molar-refractivity contribution is 0.0957. The molecule has 0 radical (unpaired) electrons. The van der Waals surface area contributed by atoms with Crippen molar-refractivity contribution < 1.29 is 4.79 Å². The van der Waals surface area contributed by atoms with Crippen LogP contribution in [0, 0.1) is 13.8 Å². The summed E-state index contributed by atoms with van der Waals surface area (Å²) < 4.78 is 0. The van der Waals surface area contributed by atoms with Gasteiger partial charge in [-0.2, -0.15) is 0 Å². The standard InChI is InChI=1S/C11H16BrNOS/c1-7-6-10(15-9(7)3)11(14)13-5-4-8(2)12/h6,8H,4-5H2,1-3H3,(H,13,14). The number of amides is 1. The number of rotatable bonds is 4. The summed E-state index contributed by atoms with van der Waals surface area (Å²) in [5.41, 5.74) is 1.19. The molecule has 1 N–H and O–H groups in total. The summed E-state index contributed by atoms with van der Waals surface area (Å²) in [7, 11) is 0. The van der Waals surface area contributed by atoms with Crippen LogP contribution in [0.4, 0.5) is 0 Å². The molecule has 1 aromatic heterocycles. The second-order valence-electron chi connectivity index (χ2n) is 3.68.